The van der Waals surface area contributed by atoms with E-state index in [1.807, 2.05) is 30.3 Å². The molecule has 2 rings (SSSR count). The number of nitrogen functional groups attached to an aromatic ring is 1. The molecular formula is C14H13BrN2OS. The Morgan fingerprint density at radius 2 is 1.95 bits per heavy atom. The van der Waals surface area contributed by atoms with Gasteiger partial charge >= 0.3 is 0 Å². The van der Waals surface area contributed by atoms with Gasteiger partial charge in [0, 0.05) is 20.7 Å². The fourth-order valence-corrected chi connectivity index (χ4v) is 2.57. The van der Waals surface area contributed by atoms with E-state index in [1.165, 1.54) is 11.8 Å². The van der Waals surface area contributed by atoms with E-state index in [1.54, 1.807) is 18.2 Å². The molecule has 0 aliphatic heterocycles. The van der Waals surface area contributed by atoms with Crippen LogP contribution in [0.4, 0.5) is 11.4 Å². The molecule has 2 aromatic rings. The number of amides is 1. The van der Waals surface area contributed by atoms with E-state index in [4.69, 9.17) is 5.73 Å². The van der Waals surface area contributed by atoms with Gasteiger partial charge in [-0.3, -0.25) is 4.79 Å². The summed E-state index contributed by atoms with van der Waals surface area (Å²) in [6.07, 6.45) is 0. The van der Waals surface area contributed by atoms with Crippen LogP contribution in [0.5, 0.6) is 0 Å². The Kier molecular flexibility index (Phi) is 4.87. The summed E-state index contributed by atoms with van der Waals surface area (Å²) in [5.74, 6) is 0.344. The summed E-state index contributed by atoms with van der Waals surface area (Å²) in [6, 6.07) is 15.2. The quantitative estimate of drug-likeness (QED) is 0.660. The molecule has 0 saturated carbocycles. The summed E-state index contributed by atoms with van der Waals surface area (Å²) in [6.45, 7) is 0. The summed E-state index contributed by atoms with van der Waals surface area (Å²) < 4.78 is 0.779. The molecule has 0 aliphatic carbocycles. The Balaban J connectivity index is 1.89. The number of nitrogens with one attached hydrogen (secondary N) is 1. The summed E-state index contributed by atoms with van der Waals surface area (Å²) in [5.41, 5.74) is 7.08. The lowest BCUT2D eigenvalue weighted by Crippen LogP contribution is -2.14. The highest BCUT2D eigenvalue weighted by Crippen LogP contribution is 2.23. The van der Waals surface area contributed by atoms with Gasteiger partial charge in [-0.25, -0.2) is 0 Å². The zero-order chi connectivity index (χ0) is 13.7. The number of carbonyl (C=O) groups is 1. The highest BCUT2D eigenvalue weighted by Gasteiger charge is 2.05. The van der Waals surface area contributed by atoms with E-state index in [0.29, 0.717) is 11.4 Å². The van der Waals surface area contributed by atoms with Crippen molar-refractivity contribution in [1.29, 1.82) is 0 Å². The smallest absolute Gasteiger partial charge is 0.234 e. The molecule has 2 aromatic carbocycles. The Bertz CT molecular complexity index is 575. The predicted octanol–water partition coefficient (Wildman–Crippen LogP) is 3.76. The van der Waals surface area contributed by atoms with Crippen LogP contribution in [0.15, 0.2) is 57.9 Å². The van der Waals surface area contributed by atoms with Crippen molar-refractivity contribution in [2.24, 2.45) is 0 Å². The number of nitrogens with two attached hydrogens (primary N) is 1. The summed E-state index contributed by atoms with van der Waals surface area (Å²) >= 11 is 4.84. The number of hydrogen-bond acceptors (Lipinski definition) is 3. The molecule has 0 aromatic heterocycles. The van der Waals surface area contributed by atoms with Gasteiger partial charge in [0.15, 0.2) is 0 Å². The Morgan fingerprint density at radius 1 is 1.21 bits per heavy atom. The highest BCUT2D eigenvalue weighted by molar-refractivity contribution is 9.10. The number of halogens is 1. The summed E-state index contributed by atoms with van der Waals surface area (Å²) in [5, 5.41) is 2.83. The number of rotatable bonds is 4. The fraction of sp³-hybridized carbons (Fsp3) is 0.0714. The molecule has 0 radical (unpaired) electrons. The second-order valence-electron chi connectivity index (χ2n) is 3.89. The van der Waals surface area contributed by atoms with Crippen LogP contribution in [0.25, 0.3) is 0 Å². The van der Waals surface area contributed by atoms with Gasteiger partial charge in [-0.15, -0.1) is 11.8 Å². The zero-order valence-electron chi connectivity index (χ0n) is 10.1. The molecule has 19 heavy (non-hydrogen) atoms. The predicted molar refractivity (Wildman–Crippen MR) is 84.4 cm³/mol. The first-order chi connectivity index (χ1) is 9.15. The van der Waals surface area contributed by atoms with Crippen molar-refractivity contribution >= 4 is 45.0 Å². The minimum Gasteiger partial charge on any atom is -0.398 e. The first-order valence-electron chi connectivity index (χ1n) is 5.68. The molecule has 5 heteroatoms. The fourth-order valence-electron chi connectivity index (χ4n) is 1.47. The van der Waals surface area contributed by atoms with Gasteiger partial charge in [0.05, 0.1) is 5.75 Å². The molecular weight excluding hydrogens is 324 g/mol. The van der Waals surface area contributed by atoms with Gasteiger partial charge in [-0.2, -0.15) is 0 Å². The van der Waals surface area contributed by atoms with Crippen molar-refractivity contribution in [3.05, 3.63) is 53.0 Å². The summed E-state index contributed by atoms with van der Waals surface area (Å²) in [4.78, 5) is 12.9. The van der Waals surface area contributed by atoms with Crippen LogP contribution >= 0.6 is 27.7 Å². The standard InChI is InChI=1S/C14H13BrN2OS/c15-12-8-10(6-7-13(12)16)17-14(18)9-19-11-4-2-1-3-5-11/h1-8H,9,16H2,(H,17,18). The number of benzene rings is 2. The maximum atomic E-state index is 11.8. The molecule has 3 N–H and O–H groups in total. The number of anilines is 2. The molecule has 0 aliphatic rings. The van der Waals surface area contributed by atoms with Crippen LogP contribution in [-0.2, 0) is 4.79 Å². The third kappa shape index (κ3) is 4.29. The van der Waals surface area contributed by atoms with Gasteiger partial charge in [0.1, 0.15) is 0 Å². The van der Waals surface area contributed by atoms with E-state index in [2.05, 4.69) is 21.2 Å². The summed E-state index contributed by atoms with van der Waals surface area (Å²) in [7, 11) is 0. The van der Waals surface area contributed by atoms with Gasteiger partial charge in [0.25, 0.3) is 0 Å². The first-order valence-corrected chi connectivity index (χ1v) is 7.46. The van der Waals surface area contributed by atoms with Gasteiger partial charge in [-0.1, -0.05) is 18.2 Å². The first kappa shape index (κ1) is 14.0. The Morgan fingerprint density at radius 3 is 2.63 bits per heavy atom. The Labute approximate surface area is 124 Å². The van der Waals surface area contributed by atoms with Crippen molar-refractivity contribution in [1.82, 2.24) is 0 Å². The van der Waals surface area contributed by atoms with E-state index in [-0.39, 0.29) is 5.91 Å². The normalized spacial score (nSPS) is 10.2. The van der Waals surface area contributed by atoms with Crippen molar-refractivity contribution in [2.45, 2.75) is 4.90 Å². The lowest BCUT2D eigenvalue weighted by Gasteiger charge is -2.06. The SMILES string of the molecule is Nc1ccc(NC(=O)CSc2ccccc2)cc1Br. The lowest BCUT2D eigenvalue weighted by molar-refractivity contribution is -0.113. The largest absolute Gasteiger partial charge is 0.398 e. The van der Waals surface area contributed by atoms with Crippen LogP contribution in [0, 0.1) is 0 Å². The molecule has 3 nitrogen and oxygen atoms in total. The van der Waals surface area contributed by atoms with Gasteiger partial charge in [0.2, 0.25) is 5.91 Å². The highest BCUT2D eigenvalue weighted by atomic mass is 79.9. The van der Waals surface area contributed by atoms with Crippen LogP contribution in [-0.4, -0.2) is 11.7 Å². The van der Waals surface area contributed by atoms with Crippen molar-refractivity contribution in [2.75, 3.05) is 16.8 Å². The van der Waals surface area contributed by atoms with Crippen molar-refractivity contribution in [3.63, 3.8) is 0 Å². The lowest BCUT2D eigenvalue weighted by atomic mass is 10.3. The average Bonchev–Trinajstić information content (AvgIpc) is 2.42. The van der Waals surface area contributed by atoms with Crippen LogP contribution in [0.1, 0.15) is 0 Å². The minimum absolute atomic E-state index is 0.0366. The third-order valence-electron chi connectivity index (χ3n) is 2.40. The van der Waals surface area contributed by atoms with E-state index < -0.39 is 0 Å². The second kappa shape index (κ2) is 6.63. The number of hydrogen-bond donors (Lipinski definition) is 2. The van der Waals surface area contributed by atoms with Gasteiger partial charge in [-0.05, 0) is 46.3 Å². The monoisotopic (exact) mass is 336 g/mol. The molecule has 98 valence electrons. The van der Waals surface area contributed by atoms with Crippen LogP contribution < -0.4 is 11.1 Å². The van der Waals surface area contributed by atoms with E-state index >= 15 is 0 Å². The molecule has 0 fully saturated rings. The maximum absolute atomic E-state index is 11.8. The number of carbonyl (C=O) groups excluding carboxylic acids is 1. The molecule has 1 amide bonds. The topological polar surface area (TPSA) is 55.1 Å². The Hall–Kier alpha value is -1.46. The number of thioether (sulfide) groups is 1. The third-order valence-corrected chi connectivity index (χ3v) is 4.10. The van der Waals surface area contributed by atoms with E-state index in [0.717, 1.165) is 15.1 Å². The van der Waals surface area contributed by atoms with Crippen LogP contribution in [0.2, 0.25) is 0 Å². The van der Waals surface area contributed by atoms with Crippen molar-refractivity contribution < 1.29 is 4.79 Å². The van der Waals surface area contributed by atoms with E-state index in [9.17, 15) is 4.79 Å². The van der Waals surface area contributed by atoms with Crippen molar-refractivity contribution in [3.8, 4) is 0 Å². The molecule has 0 heterocycles. The second-order valence-corrected chi connectivity index (χ2v) is 5.79. The van der Waals surface area contributed by atoms with Gasteiger partial charge < -0.3 is 11.1 Å². The zero-order valence-corrected chi connectivity index (χ0v) is 12.5. The molecule has 0 unspecified atom stereocenters. The molecule has 0 spiro atoms. The molecule has 0 atom stereocenters. The molecule has 0 saturated heterocycles. The van der Waals surface area contributed by atoms with Crippen LogP contribution in [0.3, 0.4) is 0 Å². The average molecular weight is 337 g/mol. The molecule has 0 bridgehead atoms. The maximum Gasteiger partial charge on any atom is 0.234 e. The minimum atomic E-state index is -0.0366.